The van der Waals surface area contributed by atoms with Crippen molar-refractivity contribution in [2.75, 3.05) is 37.0 Å². The molecule has 0 spiro atoms. The Kier molecular flexibility index (Phi) is 6.37. The van der Waals surface area contributed by atoms with Crippen LogP contribution >= 0.6 is 0 Å². The van der Waals surface area contributed by atoms with Crippen LogP contribution in [-0.2, 0) is 9.53 Å². The van der Waals surface area contributed by atoms with E-state index in [1.54, 1.807) is 0 Å². The summed E-state index contributed by atoms with van der Waals surface area (Å²) in [4.78, 5) is 26.4. The predicted molar refractivity (Wildman–Crippen MR) is 106 cm³/mol. The maximum Gasteiger partial charge on any atom is 0.342 e. The van der Waals surface area contributed by atoms with Crippen LogP contribution in [0.2, 0.25) is 0 Å². The molecule has 1 aliphatic heterocycles. The summed E-state index contributed by atoms with van der Waals surface area (Å²) in [5.74, 6) is -1.08. The van der Waals surface area contributed by atoms with Gasteiger partial charge < -0.3 is 24.8 Å². The molecule has 148 valence electrons. The van der Waals surface area contributed by atoms with Crippen molar-refractivity contribution < 1.29 is 24.2 Å². The van der Waals surface area contributed by atoms with Gasteiger partial charge in [0.25, 0.3) is 5.91 Å². The number of rotatable bonds is 6. The average Bonchev–Trinajstić information content (AvgIpc) is 2.73. The molecule has 7 nitrogen and oxygen atoms in total. The van der Waals surface area contributed by atoms with Crippen LogP contribution in [0.5, 0.6) is 11.5 Å². The molecule has 3 rings (SSSR count). The van der Waals surface area contributed by atoms with Crippen molar-refractivity contribution in [3.8, 4) is 11.5 Å². The van der Waals surface area contributed by atoms with Gasteiger partial charge in [0.05, 0.1) is 7.11 Å². The molecular weight excluding hydrogens is 360 g/mol. The Morgan fingerprint density at radius 2 is 1.79 bits per heavy atom. The summed E-state index contributed by atoms with van der Waals surface area (Å²) in [6, 6.07) is 11.8. The second kappa shape index (κ2) is 9.12. The lowest BCUT2D eigenvalue weighted by Gasteiger charge is -2.28. The number of methoxy groups -OCH3 is 1. The molecule has 1 saturated heterocycles. The Labute approximate surface area is 163 Å². The number of phenolic OH excluding ortho intramolecular Hbond substituents is 1. The third-order valence-corrected chi connectivity index (χ3v) is 4.63. The van der Waals surface area contributed by atoms with Crippen molar-refractivity contribution in [1.29, 1.82) is 0 Å². The average molecular weight is 384 g/mol. The number of anilines is 2. The smallest absolute Gasteiger partial charge is 0.342 e. The van der Waals surface area contributed by atoms with Gasteiger partial charge in [-0.15, -0.1) is 0 Å². The third kappa shape index (κ3) is 4.94. The lowest BCUT2D eigenvalue weighted by atomic mass is 10.1. The second-order valence-corrected chi connectivity index (χ2v) is 6.60. The summed E-state index contributed by atoms with van der Waals surface area (Å²) < 4.78 is 9.94. The second-order valence-electron chi connectivity index (χ2n) is 6.60. The maximum absolute atomic E-state index is 12.0. The predicted octanol–water partition coefficient (Wildman–Crippen LogP) is 3.19. The van der Waals surface area contributed by atoms with E-state index in [1.165, 1.54) is 44.6 Å². The summed E-state index contributed by atoms with van der Waals surface area (Å²) in [6.07, 6.45) is 3.68. The van der Waals surface area contributed by atoms with Gasteiger partial charge in [-0.2, -0.15) is 0 Å². The van der Waals surface area contributed by atoms with Crippen LogP contribution in [0, 0.1) is 0 Å². The van der Waals surface area contributed by atoms with Crippen LogP contribution in [0.3, 0.4) is 0 Å². The van der Waals surface area contributed by atoms with Gasteiger partial charge >= 0.3 is 5.97 Å². The number of nitrogens with one attached hydrogen (secondary N) is 1. The normalized spacial score (nSPS) is 13.7. The summed E-state index contributed by atoms with van der Waals surface area (Å²) in [6.45, 7) is 1.66. The molecule has 0 aromatic heterocycles. The van der Waals surface area contributed by atoms with Crippen LogP contribution in [0.15, 0.2) is 42.5 Å². The molecular formula is C21H24N2O5. The van der Waals surface area contributed by atoms with Gasteiger partial charge in [0, 0.05) is 30.5 Å². The Morgan fingerprint density at radius 1 is 1.07 bits per heavy atom. The number of hydrogen-bond acceptors (Lipinski definition) is 6. The first-order valence-corrected chi connectivity index (χ1v) is 9.26. The lowest BCUT2D eigenvalue weighted by molar-refractivity contribution is -0.119. The molecule has 1 heterocycles. The van der Waals surface area contributed by atoms with E-state index in [1.807, 2.05) is 24.3 Å². The van der Waals surface area contributed by atoms with Gasteiger partial charge in [0.15, 0.2) is 6.61 Å². The highest BCUT2D eigenvalue weighted by Gasteiger charge is 2.15. The monoisotopic (exact) mass is 384 g/mol. The quantitative estimate of drug-likeness (QED) is 0.744. The molecule has 2 N–H and O–H groups in total. The zero-order valence-corrected chi connectivity index (χ0v) is 15.8. The van der Waals surface area contributed by atoms with Crippen LogP contribution in [0.1, 0.15) is 29.6 Å². The fourth-order valence-electron chi connectivity index (χ4n) is 3.12. The summed E-state index contributed by atoms with van der Waals surface area (Å²) in [5, 5.41) is 12.5. The zero-order valence-electron chi connectivity index (χ0n) is 15.8. The number of hydrogen-bond donors (Lipinski definition) is 2. The largest absolute Gasteiger partial charge is 0.507 e. The fourth-order valence-corrected chi connectivity index (χ4v) is 3.12. The van der Waals surface area contributed by atoms with Gasteiger partial charge in [-0.05, 0) is 55.7 Å². The first-order valence-electron chi connectivity index (χ1n) is 9.26. The number of aromatic hydroxyl groups is 1. The van der Waals surface area contributed by atoms with Crippen molar-refractivity contribution >= 4 is 23.3 Å². The van der Waals surface area contributed by atoms with Gasteiger partial charge in [-0.25, -0.2) is 4.79 Å². The van der Waals surface area contributed by atoms with E-state index < -0.39 is 18.5 Å². The highest BCUT2D eigenvalue weighted by Crippen LogP contribution is 2.24. The maximum atomic E-state index is 12.0. The molecule has 2 aromatic rings. The van der Waals surface area contributed by atoms with Crippen molar-refractivity contribution in [3.63, 3.8) is 0 Å². The highest BCUT2D eigenvalue weighted by molar-refractivity contribution is 5.96. The summed E-state index contributed by atoms with van der Waals surface area (Å²) in [5.41, 5.74) is 1.74. The van der Waals surface area contributed by atoms with Crippen molar-refractivity contribution in [3.05, 3.63) is 48.0 Å². The number of ether oxygens (including phenoxy) is 2. The van der Waals surface area contributed by atoms with Crippen molar-refractivity contribution in [1.82, 2.24) is 0 Å². The van der Waals surface area contributed by atoms with Gasteiger partial charge in [0.1, 0.15) is 17.1 Å². The van der Waals surface area contributed by atoms with Crippen LogP contribution < -0.4 is 15.0 Å². The molecule has 0 radical (unpaired) electrons. The van der Waals surface area contributed by atoms with Gasteiger partial charge in [-0.1, -0.05) is 0 Å². The molecule has 2 aromatic carbocycles. The Balaban J connectivity index is 1.50. The molecule has 0 unspecified atom stereocenters. The van der Waals surface area contributed by atoms with Crippen molar-refractivity contribution in [2.24, 2.45) is 0 Å². The van der Waals surface area contributed by atoms with Gasteiger partial charge in [-0.3, -0.25) is 4.79 Å². The number of nitrogens with zero attached hydrogens (tertiary/aromatic N) is 1. The molecule has 1 aliphatic rings. The first kappa shape index (κ1) is 19.5. The zero-order chi connectivity index (χ0) is 19.9. The van der Waals surface area contributed by atoms with E-state index in [0.717, 1.165) is 18.8 Å². The van der Waals surface area contributed by atoms with Crippen LogP contribution in [-0.4, -0.2) is 43.8 Å². The minimum Gasteiger partial charge on any atom is -0.507 e. The summed E-state index contributed by atoms with van der Waals surface area (Å²) >= 11 is 0. The minimum atomic E-state index is -0.782. The number of benzene rings is 2. The SMILES string of the molecule is COc1ccc(C(=O)OCC(=O)Nc2ccc(N3CCCCC3)cc2)c(O)c1. The number of esters is 1. The number of phenols is 1. The standard InChI is InChI=1S/C21H24N2O5/c1-27-17-9-10-18(19(24)13-17)21(26)28-14-20(25)22-15-5-7-16(8-6-15)23-11-3-2-4-12-23/h5-10,13,24H,2-4,11-12,14H2,1H3,(H,22,25). The highest BCUT2D eigenvalue weighted by atomic mass is 16.5. The van der Waals surface area contributed by atoms with E-state index in [0.29, 0.717) is 11.4 Å². The number of carbonyl (C=O) groups is 2. The van der Waals surface area contributed by atoms with E-state index in [9.17, 15) is 14.7 Å². The molecule has 1 fully saturated rings. The molecule has 0 bridgehead atoms. The summed E-state index contributed by atoms with van der Waals surface area (Å²) in [7, 11) is 1.45. The van der Waals surface area contributed by atoms with Crippen LogP contribution in [0.4, 0.5) is 11.4 Å². The molecule has 7 heteroatoms. The Hall–Kier alpha value is -3.22. The van der Waals surface area contributed by atoms with E-state index in [4.69, 9.17) is 9.47 Å². The minimum absolute atomic E-state index is 0.0283. The van der Waals surface area contributed by atoms with E-state index in [2.05, 4.69) is 10.2 Å². The van der Waals surface area contributed by atoms with Crippen LogP contribution in [0.25, 0.3) is 0 Å². The molecule has 0 saturated carbocycles. The van der Waals surface area contributed by atoms with E-state index >= 15 is 0 Å². The van der Waals surface area contributed by atoms with Gasteiger partial charge in [0.2, 0.25) is 0 Å². The molecule has 0 aliphatic carbocycles. The molecule has 28 heavy (non-hydrogen) atoms. The fraction of sp³-hybridized carbons (Fsp3) is 0.333. The lowest BCUT2D eigenvalue weighted by Crippen LogP contribution is -2.29. The van der Waals surface area contributed by atoms with E-state index in [-0.39, 0.29) is 11.3 Å². The molecule has 0 atom stereocenters. The topological polar surface area (TPSA) is 88.1 Å². The number of amides is 1. The number of carbonyl (C=O) groups excluding carboxylic acids is 2. The first-order chi connectivity index (χ1) is 13.6. The Bertz CT molecular complexity index is 829. The third-order valence-electron chi connectivity index (χ3n) is 4.63. The Morgan fingerprint density at radius 3 is 2.43 bits per heavy atom. The van der Waals surface area contributed by atoms with Crippen molar-refractivity contribution in [2.45, 2.75) is 19.3 Å². The molecule has 1 amide bonds. The number of piperidine rings is 1.